The highest BCUT2D eigenvalue weighted by molar-refractivity contribution is 5.70. The summed E-state index contributed by atoms with van der Waals surface area (Å²) >= 11 is 0. The van der Waals surface area contributed by atoms with E-state index in [0.717, 1.165) is 31.1 Å². The molecule has 1 aromatic rings. The molecule has 0 unspecified atom stereocenters. The Morgan fingerprint density at radius 3 is 1.81 bits per heavy atom. The summed E-state index contributed by atoms with van der Waals surface area (Å²) < 4.78 is 10.5. The molecule has 4 heteroatoms. The summed E-state index contributed by atoms with van der Waals surface area (Å²) in [6.07, 6.45) is 13.1. The third-order valence-corrected chi connectivity index (χ3v) is 3.97. The van der Waals surface area contributed by atoms with E-state index < -0.39 is 0 Å². The van der Waals surface area contributed by atoms with Gasteiger partial charge < -0.3 is 14.5 Å². The average molecular weight is 368 g/mol. The minimum atomic E-state index is -0.221. The Balaban J connectivity index is 0.00000106. The first kappa shape index (κ1) is 24.7. The largest absolute Gasteiger partial charge is 0.464 e. The smallest absolute Gasteiger partial charge is 0.332 e. The van der Waals surface area contributed by atoms with Crippen LogP contribution in [0.4, 0.5) is 0 Å². The van der Waals surface area contributed by atoms with Gasteiger partial charge in [-0.3, -0.25) is 0 Å². The number of aromatic amines is 1. The second-order valence-electron chi connectivity index (χ2n) is 7.64. The van der Waals surface area contributed by atoms with E-state index in [1.54, 1.807) is 0 Å². The van der Waals surface area contributed by atoms with Crippen molar-refractivity contribution in [3.63, 3.8) is 0 Å². The molecule has 0 radical (unpaired) electrons. The molecule has 0 aliphatic carbocycles. The summed E-state index contributed by atoms with van der Waals surface area (Å²) in [6.45, 7) is 10.3. The van der Waals surface area contributed by atoms with Gasteiger partial charge in [-0.1, -0.05) is 66.2 Å². The number of ether oxygens (including phenoxy) is 2. The number of rotatable bonds is 14. The number of H-pyrrole nitrogens is 1. The molecule has 4 nitrogen and oxygen atoms in total. The second-order valence-corrected chi connectivity index (χ2v) is 7.64. The normalized spacial score (nSPS) is 10.7. The molecule has 0 fully saturated rings. The van der Waals surface area contributed by atoms with Crippen molar-refractivity contribution in [2.24, 2.45) is 11.8 Å². The second kappa shape index (κ2) is 18.5. The number of carbonyl (C=O) groups excluding carboxylic acids is 1. The summed E-state index contributed by atoms with van der Waals surface area (Å²) in [7, 11) is 0. The third kappa shape index (κ3) is 20.8. The standard InChI is InChI=1S/C18H36O3.C4H5N/c1-16(2)11-7-5-9-13-20-15-18(19)21-14-10-6-8-12-17(3)4;1-2-4-5-3-1/h16-17H,5-15H2,1-4H3;1-5H. The molecule has 0 aromatic carbocycles. The molecule has 0 spiro atoms. The van der Waals surface area contributed by atoms with Crippen molar-refractivity contribution in [3.8, 4) is 0 Å². The minimum Gasteiger partial charge on any atom is -0.464 e. The summed E-state index contributed by atoms with van der Waals surface area (Å²) in [5, 5.41) is 0. The van der Waals surface area contributed by atoms with Crippen molar-refractivity contribution in [3.05, 3.63) is 24.5 Å². The van der Waals surface area contributed by atoms with Crippen molar-refractivity contribution in [2.75, 3.05) is 19.8 Å². The number of esters is 1. The average Bonchev–Trinajstić information content (AvgIpc) is 3.16. The molecular weight excluding hydrogens is 326 g/mol. The molecule has 0 amide bonds. The topological polar surface area (TPSA) is 51.3 Å². The lowest BCUT2D eigenvalue weighted by Gasteiger charge is -2.07. The molecule has 0 saturated carbocycles. The predicted octanol–water partition coefficient (Wildman–Crippen LogP) is 5.99. The van der Waals surface area contributed by atoms with E-state index in [9.17, 15) is 4.79 Å². The number of carbonyl (C=O) groups is 1. The molecular formula is C22H41NO3. The summed E-state index contributed by atoms with van der Waals surface area (Å²) in [4.78, 5) is 14.3. The molecule has 0 aliphatic rings. The highest BCUT2D eigenvalue weighted by Crippen LogP contribution is 2.09. The van der Waals surface area contributed by atoms with Crippen LogP contribution >= 0.6 is 0 Å². The molecule has 0 saturated heterocycles. The molecule has 1 rings (SSSR count). The zero-order valence-corrected chi connectivity index (χ0v) is 17.5. The predicted molar refractivity (Wildman–Crippen MR) is 109 cm³/mol. The maximum atomic E-state index is 11.4. The fourth-order valence-corrected chi connectivity index (χ4v) is 2.43. The Bertz CT molecular complexity index is 371. The van der Waals surface area contributed by atoms with Gasteiger partial charge in [0.25, 0.3) is 0 Å². The molecule has 1 N–H and O–H groups in total. The first-order valence-corrected chi connectivity index (χ1v) is 10.3. The number of nitrogens with one attached hydrogen (secondary N) is 1. The molecule has 1 aromatic heterocycles. The Labute approximate surface area is 161 Å². The zero-order chi connectivity index (χ0) is 19.5. The van der Waals surface area contributed by atoms with E-state index in [1.165, 1.54) is 32.1 Å². The summed E-state index contributed by atoms with van der Waals surface area (Å²) in [5.74, 6) is 1.32. The third-order valence-electron chi connectivity index (χ3n) is 3.97. The maximum Gasteiger partial charge on any atom is 0.332 e. The summed E-state index contributed by atoms with van der Waals surface area (Å²) in [5.41, 5.74) is 0. The van der Waals surface area contributed by atoms with E-state index in [2.05, 4.69) is 32.7 Å². The van der Waals surface area contributed by atoms with E-state index >= 15 is 0 Å². The molecule has 1 heterocycles. The summed E-state index contributed by atoms with van der Waals surface area (Å²) in [6, 6.07) is 3.89. The van der Waals surface area contributed by atoms with Gasteiger partial charge in [0.05, 0.1) is 6.61 Å². The van der Waals surface area contributed by atoms with Crippen molar-refractivity contribution in [1.82, 2.24) is 4.98 Å². The van der Waals surface area contributed by atoms with Gasteiger partial charge in [-0.05, 0) is 36.8 Å². The minimum absolute atomic E-state index is 0.107. The molecule has 152 valence electrons. The SMILES string of the molecule is CC(C)CCCCCOCC(=O)OCCCCCC(C)C.c1cc[nH]c1. The van der Waals surface area contributed by atoms with Gasteiger partial charge in [-0.25, -0.2) is 4.79 Å². The van der Waals surface area contributed by atoms with Crippen molar-refractivity contribution in [1.29, 1.82) is 0 Å². The van der Waals surface area contributed by atoms with Crippen molar-refractivity contribution < 1.29 is 14.3 Å². The zero-order valence-electron chi connectivity index (χ0n) is 17.5. The molecule has 0 bridgehead atoms. The fraction of sp³-hybridized carbons (Fsp3) is 0.773. The highest BCUT2D eigenvalue weighted by Gasteiger charge is 2.03. The Kier molecular flexibility index (Phi) is 17.6. The van der Waals surface area contributed by atoms with Crippen LogP contribution in [0.3, 0.4) is 0 Å². The van der Waals surface area contributed by atoms with Crippen LogP contribution in [0.15, 0.2) is 24.5 Å². The lowest BCUT2D eigenvalue weighted by atomic mass is 10.1. The van der Waals surface area contributed by atoms with Crippen LogP contribution in [-0.4, -0.2) is 30.8 Å². The number of hydrogen-bond donors (Lipinski definition) is 1. The van der Waals surface area contributed by atoms with E-state index in [0.29, 0.717) is 13.2 Å². The lowest BCUT2D eigenvalue weighted by molar-refractivity contribution is -0.149. The molecule has 0 aliphatic heterocycles. The Morgan fingerprint density at radius 2 is 1.35 bits per heavy atom. The number of aromatic nitrogens is 1. The van der Waals surface area contributed by atoms with E-state index in [1.807, 2.05) is 24.5 Å². The van der Waals surface area contributed by atoms with Gasteiger partial charge in [-0.2, -0.15) is 0 Å². The van der Waals surface area contributed by atoms with Crippen LogP contribution in [0, 0.1) is 11.8 Å². The van der Waals surface area contributed by atoms with Gasteiger partial charge in [0, 0.05) is 19.0 Å². The first-order chi connectivity index (χ1) is 12.5. The van der Waals surface area contributed by atoms with E-state index in [4.69, 9.17) is 9.47 Å². The number of hydrogen-bond acceptors (Lipinski definition) is 3. The first-order valence-electron chi connectivity index (χ1n) is 10.3. The van der Waals surface area contributed by atoms with E-state index in [-0.39, 0.29) is 12.6 Å². The molecule has 0 atom stereocenters. The van der Waals surface area contributed by atoms with Gasteiger partial charge in [-0.15, -0.1) is 0 Å². The van der Waals surface area contributed by atoms with Crippen molar-refractivity contribution >= 4 is 5.97 Å². The van der Waals surface area contributed by atoms with Crippen LogP contribution < -0.4 is 0 Å². The van der Waals surface area contributed by atoms with Crippen LogP contribution in [0.2, 0.25) is 0 Å². The van der Waals surface area contributed by atoms with Crippen LogP contribution in [0.25, 0.3) is 0 Å². The van der Waals surface area contributed by atoms with Crippen molar-refractivity contribution in [2.45, 2.75) is 79.1 Å². The Hall–Kier alpha value is -1.29. The van der Waals surface area contributed by atoms with Crippen LogP contribution in [0.1, 0.15) is 79.1 Å². The highest BCUT2D eigenvalue weighted by atomic mass is 16.6. The quantitative estimate of drug-likeness (QED) is 0.324. The van der Waals surface area contributed by atoms with Gasteiger partial charge in [0.15, 0.2) is 0 Å². The van der Waals surface area contributed by atoms with Gasteiger partial charge in [0.2, 0.25) is 0 Å². The van der Waals surface area contributed by atoms with Gasteiger partial charge in [0.1, 0.15) is 6.61 Å². The number of unbranched alkanes of at least 4 members (excludes halogenated alkanes) is 4. The lowest BCUT2D eigenvalue weighted by Crippen LogP contribution is -2.14. The van der Waals surface area contributed by atoms with Crippen LogP contribution in [0.5, 0.6) is 0 Å². The monoisotopic (exact) mass is 367 g/mol. The molecule has 26 heavy (non-hydrogen) atoms. The Morgan fingerprint density at radius 1 is 0.808 bits per heavy atom. The maximum absolute atomic E-state index is 11.4. The van der Waals surface area contributed by atoms with Crippen LogP contribution in [-0.2, 0) is 14.3 Å². The van der Waals surface area contributed by atoms with Gasteiger partial charge >= 0.3 is 5.97 Å². The fourth-order valence-electron chi connectivity index (χ4n) is 2.43.